The molecule has 3 aromatic carbocycles. The van der Waals surface area contributed by atoms with E-state index in [0.29, 0.717) is 11.1 Å². The topological polar surface area (TPSA) is 63.4 Å². The van der Waals surface area contributed by atoms with E-state index in [1.54, 1.807) is 43.3 Å². The van der Waals surface area contributed by atoms with Crippen LogP contribution in [0.15, 0.2) is 78.9 Å². The molecule has 166 valence electrons. The number of hydrogen-bond acceptors (Lipinski definition) is 2. The lowest BCUT2D eigenvalue weighted by Crippen LogP contribution is -2.43. The molecule has 0 spiro atoms. The summed E-state index contributed by atoms with van der Waals surface area (Å²) in [5.74, 6) is -2.09. The van der Waals surface area contributed by atoms with Crippen LogP contribution < -0.4 is 5.73 Å². The second-order valence-electron chi connectivity index (χ2n) is 7.23. The quantitative estimate of drug-likeness (QED) is 0.526. The van der Waals surface area contributed by atoms with Crippen LogP contribution in [-0.2, 0) is 11.0 Å². The Bertz CT molecular complexity index is 1100. The first-order valence-electron chi connectivity index (χ1n) is 9.69. The van der Waals surface area contributed by atoms with Crippen molar-refractivity contribution in [3.8, 4) is 0 Å². The third kappa shape index (κ3) is 4.96. The molecule has 0 aliphatic carbocycles. The lowest BCUT2D eigenvalue weighted by Gasteiger charge is -2.35. The summed E-state index contributed by atoms with van der Waals surface area (Å²) in [6.45, 7) is 1.59. The van der Waals surface area contributed by atoms with Gasteiger partial charge < -0.3 is 10.6 Å². The maximum absolute atomic E-state index is 13.9. The van der Waals surface area contributed by atoms with Crippen molar-refractivity contribution in [1.29, 1.82) is 0 Å². The zero-order chi connectivity index (χ0) is 23.5. The van der Waals surface area contributed by atoms with Crippen molar-refractivity contribution in [1.82, 2.24) is 4.90 Å². The number of rotatable bonds is 6. The molecule has 2 amide bonds. The molecule has 3 aromatic rings. The maximum atomic E-state index is 13.9. The van der Waals surface area contributed by atoms with Gasteiger partial charge in [-0.1, -0.05) is 42.5 Å². The summed E-state index contributed by atoms with van der Waals surface area (Å²) in [6, 6.07) is 15.4. The Kier molecular flexibility index (Phi) is 6.62. The van der Waals surface area contributed by atoms with E-state index in [4.69, 9.17) is 5.73 Å². The Labute approximate surface area is 182 Å². The monoisotopic (exact) mass is 444 g/mol. The molecule has 8 heteroatoms. The fourth-order valence-electron chi connectivity index (χ4n) is 3.49. The molecule has 4 nitrogen and oxygen atoms in total. The first-order valence-corrected chi connectivity index (χ1v) is 9.69. The van der Waals surface area contributed by atoms with Crippen LogP contribution in [-0.4, -0.2) is 16.7 Å². The number of benzene rings is 3. The molecular weight excluding hydrogens is 424 g/mol. The minimum absolute atomic E-state index is 0.0663. The SMILES string of the molecule is C[C@H](c1cccc(F)c1)N(C(=O)c1ccc(C(F)(F)F)cc1)[C@@H](C(N)=O)c1ccccc1. The van der Waals surface area contributed by atoms with Crippen LogP contribution in [0, 0.1) is 5.82 Å². The molecule has 32 heavy (non-hydrogen) atoms. The van der Waals surface area contributed by atoms with Crippen LogP contribution in [0.4, 0.5) is 17.6 Å². The Hall–Kier alpha value is -3.68. The van der Waals surface area contributed by atoms with Gasteiger partial charge in [0, 0.05) is 5.56 Å². The summed E-state index contributed by atoms with van der Waals surface area (Å²) in [7, 11) is 0. The van der Waals surface area contributed by atoms with Crippen LogP contribution in [0.5, 0.6) is 0 Å². The Balaban J connectivity index is 2.11. The molecule has 0 radical (unpaired) electrons. The Morgan fingerprint density at radius 2 is 1.47 bits per heavy atom. The third-order valence-electron chi connectivity index (χ3n) is 5.11. The lowest BCUT2D eigenvalue weighted by molar-refractivity contribution is -0.137. The summed E-state index contributed by atoms with van der Waals surface area (Å²) in [5, 5.41) is 0. The van der Waals surface area contributed by atoms with Crippen LogP contribution >= 0.6 is 0 Å². The summed E-state index contributed by atoms with van der Waals surface area (Å²) >= 11 is 0. The van der Waals surface area contributed by atoms with Crippen LogP contribution in [0.3, 0.4) is 0 Å². The number of hydrogen-bond donors (Lipinski definition) is 1. The third-order valence-corrected chi connectivity index (χ3v) is 5.11. The van der Waals surface area contributed by atoms with Crippen molar-refractivity contribution in [3.63, 3.8) is 0 Å². The van der Waals surface area contributed by atoms with Crippen molar-refractivity contribution in [2.24, 2.45) is 5.73 Å². The normalized spacial score (nSPS) is 13.3. The van der Waals surface area contributed by atoms with E-state index in [1.807, 2.05) is 0 Å². The standard InChI is InChI=1S/C24H20F4N2O2/c1-15(18-8-5-9-20(25)14-18)30(21(22(29)31)16-6-3-2-4-7-16)23(32)17-10-12-19(13-11-17)24(26,27)28/h2-15,21H,1H3,(H2,29,31)/t15-,21-/m1/s1. The lowest BCUT2D eigenvalue weighted by atomic mass is 9.97. The fraction of sp³-hybridized carbons (Fsp3) is 0.167. The van der Waals surface area contributed by atoms with E-state index >= 15 is 0 Å². The molecule has 0 saturated heterocycles. The second kappa shape index (κ2) is 9.21. The number of nitrogens with zero attached hydrogens (tertiary/aromatic N) is 1. The highest BCUT2D eigenvalue weighted by Crippen LogP contribution is 2.34. The van der Waals surface area contributed by atoms with Gasteiger partial charge in [0.25, 0.3) is 5.91 Å². The minimum atomic E-state index is -4.56. The fourth-order valence-corrected chi connectivity index (χ4v) is 3.49. The van der Waals surface area contributed by atoms with E-state index in [2.05, 4.69) is 0 Å². The summed E-state index contributed by atoms with van der Waals surface area (Å²) in [4.78, 5) is 27.1. The predicted molar refractivity (Wildman–Crippen MR) is 111 cm³/mol. The molecule has 0 fully saturated rings. The van der Waals surface area contributed by atoms with Crippen LogP contribution in [0.25, 0.3) is 0 Å². The van der Waals surface area contributed by atoms with Gasteiger partial charge in [0.05, 0.1) is 11.6 Å². The van der Waals surface area contributed by atoms with E-state index in [0.717, 1.165) is 29.2 Å². The van der Waals surface area contributed by atoms with Crippen molar-refractivity contribution < 1.29 is 27.2 Å². The largest absolute Gasteiger partial charge is 0.416 e. The van der Waals surface area contributed by atoms with E-state index < -0.39 is 41.5 Å². The van der Waals surface area contributed by atoms with E-state index in [-0.39, 0.29) is 5.56 Å². The van der Waals surface area contributed by atoms with Gasteiger partial charge >= 0.3 is 6.18 Å². The summed E-state index contributed by atoms with van der Waals surface area (Å²) < 4.78 is 52.6. The molecule has 3 rings (SSSR count). The van der Waals surface area contributed by atoms with Crippen LogP contribution in [0.2, 0.25) is 0 Å². The highest BCUT2D eigenvalue weighted by atomic mass is 19.4. The second-order valence-corrected chi connectivity index (χ2v) is 7.23. The van der Waals surface area contributed by atoms with Gasteiger partial charge in [-0.2, -0.15) is 13.2 Å². The zero-order valence-electron chi connectivity index (χ0n) is 17.0. The molecule has 0 unspecified atom stereocenters. The van der Waals surface area contributed by atoms with Crippen molar-refractivity contribution in [2.75, 3.05) is 0 Å². The van der Waals surface area contributed by atoms with Gasteiger partial charge in [0.1, 0.15) is 11.9 Å². The number of halogens is 4. The van der Waals surface area contributed by atoms with Gasteiger partial charge in [-0.25, -0.2) is 4.39 Å². The highest BCUT2D eigenvalue weighted by molar-refractivity contribution is 5.98. The molecule has 2 atom stereocenters. The van der Waals surface area contributed by atoms with Crippen molar-refractivity contribution >= 4 is 11.8 Å². The number of carbonyl (C=O) groups is 2. The molecule has 2 N–H and O–H groups in total. The van der Waals surface area contributed by atoms with E-state index in [1.165, 1.54) is 18.2 Å². The summed E-state index contributed by atoms with van der Waals surface area (Å²) in [6.07, 6.45) is -4.56. The molecule has 0 bridgehead atoms. The molecule has 0 saturated carbocycles. The van der Waals surface area contributed by atoms with Crippen molar-refractivity contribution in [3.05, 3.63) is 107 Å². The molecule has 0 aromatic heterocycles. The van der Waals surface area contributed by atoms with Gasteiger partial charge in [0.15, 0.2) is 0 Å². The smallest absolute Gasteiger partial charge is 0.368 e. The highest BCUT2D eigenvalue weighted by Gasteiger charge is 2.36. The average Bonchev–Trinajstić information content (AvgIpc) is 2.76. The van der Waals surface area contributed by atoms with Gasteiger partial charge in [-0.3, -0.25) is 9.59 Å². The Morgan fingerprint density at radius 3 is 2.00 bits per heavy atom. The number of alkyl halides is 3. The summed E-state index contributed by atoms with van der Waals surface area (Å²) in [5.41, 5.74) is 5.50. The molecule has 0 heterocycles. The molecule has 0 aliphatic rings. The van der Waals surface area contributed by atoms with Gasteiger partial charge in [-0.05, 0) is 54.4 Å². The average molecular weight is 444 g/mol. The molecular formula is C24H20F4N2O2. The minimum Gasteiger partial charge on any atom is -0.368 e. The molecule has 0 aliphatic heterocycles. The predicted octanol–water partition coefficient (Wildman–Crippen LogP) is 5.27. The van der Waals surface area contributed by atoms with Crippen LogP contribution in [0.1, 0.15) is 46.1 Å². The van der Waals surface area contributed by atoms with Gasteiger partial charge in [0.2, 0.25) is 5.91 Å². The number of amides is 2. The van der Waals surface area contributed by atoms with Crippen molar-refractivity contribution in [2.45, 2.75) is 25.2 Å². The zero-order valence-corrected chi connectivity index (χ0v) is 17.0. The Morgan fingerprint density at radius 1 is 0.875 bits per heavy atom. The number of nitrogens with two attached hydrogens (primary N) is 1. The first-order chi connectivity index (χ1) is 15.1. The maximum Gasteiger partial charge on any atom is 0.416 e. The van der Waals surface area contributed by atoms with Gasteiger partial charge in [-0.15, -0.1) is 0 Å². The van der Waals surface area contributed by atoms with E-state index in [9.17, 15) is 27.2 Å². The first kappa shape index (κ1) is 23.0. The number of carbonyl (C=O) groups excluding carboxylic acids is 2. The number of primary amides is 1.